The van der Waals surface area contributed by atoms with E-state index < -0.39 is 168 Å². The topological polar surface area (TPSA) is 566 Å². The maximum Gasteiger partial charge on any atom is 0.341 e. The molecule has 0 radical (unpaired) electrons. The standard InChI is InChI=1S/C53H100N16O13.C18H20FN3O4/c1-9-30(6)12-10-11-13-41(72)60-33(14-20-54)48(77)69-43(32(8)71)53(82)65-36(17-23-57)45(74)64-38-19-25-59-52(81)42(31(7)70)68-49(78)37(18-24-58)62-44(73)34(15-21-55)63-50(79)39(26-28(2)3)67-51(80)40(27-29(4)5)66-46(75)35(16-22-56)61-47(38)76;1-10-9-26-17-14-11(16(23)12(18(24)25)8-22(10)14)7-13(19)15(17)21-5-3-20(2)4-6-21/h28-40,42-43,70-71H,9-27,54-58H2,1-8H3,(H,59,81)(H,60,72)(H,61,76)(H,62,73)(H,63,79)(H,64,74)(H,65,82)(H,66,75)(H,67,80)(H,68,78)(H,69,77);7-8,10H,3-6,9H2,1-2H3,(H,24,25)/t30?,31-,32-,33+,34+,35+,36+,37+,38+,39+,40-,42+,43+;/m1./s1. The van der Waals surface area contributed by atoms with E-state index >= 15 is 0 Å². The van der Waals surface area contributed by atoms with Crippen LogP contribution in [-0.2, 0) is 52.7 Å². The molecule has 0 aliphatic carbocycles. The highest BCUT2D eigenvalue weighted by molar-refractivity contribution is 6.00. The van der Waals surface area contributed by atoms with Crippen molar-refractivity contribution < 1.29 is 82.0 Å². The number of carboxylic acids is 1. The Hall–Kier alpha value is -8.72. The number of anilines is 1. The maximum atomic E-state index is 15.0. The molecule has 2 fully saturated rings. The minimum absolute atomic E-state index is 0.0131. The summed E-state index contributed by atoms with van der Waals surface area (Å²) in [6, 6.07) is -13.5. The van der Waals surface area contributed by atoms with E-state index in [9.17, 15) is 82.0 Å². The lowest BCUT2D eigenvalue weighted by Crippen LogP contribution is -2.62. The van der Waals surface area contributed by atoms with Gasteiger partial charge in [0, 0.05) is 45.3 Å². The number of piperazine rings is 1. The number of ether oxygens (including phenoxy) is 1. The molecule has 11 amide bonds. The Balaban J connectivity index is 0.000000779. The Morgan fingerprint density at radius 1 is 0.630 bits per heavy atom. The minimum atomic E-state index is -1.69. The number of pyridine rings is 1. The fourth-order valence-corrected chi connectivity index (χ4v) is 12.5. The molecule has 2 aromatic rings. The van der Waals surface area contributed by atoms with Crippen LogP contribution in [0.4, 0.5) is 10.1 Å². The second-order valence-electron chi connectivity index (χ2n) is 29.0. The summed E-state index contributed by atoms with van der Waals surface area (Å²) in [5, 5.41) is 58.9. The normalized spacial score (nSPS) is 22.7. The first-order valence-corrected chi connectivity index (χ1v) is 37.4. The third-order valence-corrected chi connectivity index (χ3v) is 18.9. The van der Waals surface area contributed by atoms with Gasteiger partial charge in [0.1, 0.15) is 78.3 Å². The summed E-state index contributed by atoms with van der Waals surface area (Å²) in [6.07, 6.45) is 0.583. The van der Waals surface area contributed by atoms with Crippen molar-refractivity contribution in [2.75, 3.05) is 84.0 Å². The molecule has 1 aromatic heterocycles. The number of aromatic carboxylic acids is 1. The Morgan fingerprint density at radius 3 is 1.61 bits per heavy atom. The molecule has 0 spiro atoms. The third-order valence-electron chi connectivity index (χ3n) is 18.9. The number of amides is 11. The number of aromatic nitrogens is 1. The van der Waals surface area contributed by atoms with E-state index in [-0.39, 0.29) is 120 Å². The highest BCUT2D eigenvalue weighted by atomic mass is 19.1. The number of nitrogens with two attached hydrogens (primary N) is 5. The summed E-state index contributed by atoms with van der Waals surface area (Å²) in [7, 11) is 2.02. The number of unbranched alkanes of at least 4 members (excludes halogenated alkanes) is 1. The van der Waals surface area contributed by atoms with E-state index in [2.05, 4.69) is 77.2 Å². The van der Waals surface area contributed by atoms with Crippen LogP contribution in [0.25, 0.3) is 10.9 Å². The van der Waals surface area contributed by atoms with Gasteiger partial charge in [0.25, 0.3) is 0 Å². The molecule has 108 heavy (non-hydrogen) atoms. The molecule has 608 valence electrons. The van der Waals surface area contributed by atoms with Crippen molar-refractivity contribution in [1.82, 2.24) is 68.0 Å². The Labute approximate surface area is 629 Å². The molecule has 1 aromatic carbocycles. The van der Waals surface area contributed by atoms with Gasteiger partial charge in [0.2, 0.25) is 70.4 Å². The van der Waals surface area contributed by atoms with Gasteiger partial charge in [-0.25, -0.2) is 9.18 Å². The van der Waals surface area contributed by atoms with Gasteiger partial charge < -0.3 is 122 Å². The zero-order valence-corrected chi connectivity index (χ0v) is 64.0. The number of aliphatic hydroxyl groups excluding tert-OH is 2. The van der Waals surface area contributed by atoms with Crippen LogP contribution in [-0.4, -0.2) is 247 Å². The first-order chi connectivity index (χ1) is 51.1. The average Bonchev–Trinajstić information content (AvgIpc) is 0.730. The molecule has 2 saturated heterocycles. The number of carbonyl (C=O) groups excluding carboxylic acids is 11. The van der Waals surface area contributed by atoms with Crippen molar-refractivity contribution in [3.05, 3.63) is 33.9 Å². The summed E-state index contributed by atoms with van der Waals surface area (Å²) < 4.78 is 22.6. The van der Waals surface area contributed by atoms with Gasteiger partial charge >= 0.3 is 5.97 Å². The lowest BCUT2D eigenvalue weighted by atomic mass is 9.99. The van der Waals surface area contributed by atoms with Crippen LogP contribution in [0.5, 0.6) is 5.75 Å². The molecule has 0 saturated carbocycles. The van der Waals surface area contributed by atoms with Crippen molar-refractivity contribution in [2.45, 2.75) is 224 Å². The van der Waals surface area contributed by atoms with Gasteiger partial charge in [0.15, 0.2) is 11.6 Å². The molecule has 0 bridgehead atoms. The molecule has 4 heterocycles. The van der Waals surface area contributed by atoms with Crippen molar-refractivity contribution in [3.63, 3.8) is 0 Å². The number of hydrogen-bond acceptors (Lipinski definition) is 23. The van der Waals surface area contributed by atoms with Crippen LogP contribution in [0.1, 0.15) is 162 Å². The lowest BCUT2D eigenvalue weighted by Gasteiger charge is -2.37. The molecule has 14 atom stereocenters. The SMILES string of the molecule is CC1COc2c(N3CCN(C)CC3)c(F)cc3c(=O)c(C(=O)O)cn1c23.CCC(C)CCCCC(=O)N[C@@H](CCN)C(=O)N[C@H](C(=O)N[C@@H](CCN)C(=O)N[C@H]1CCNC(=O)[C@H]([C@@H](C)O)NC(=O)[C@H](CCN)NC(=O)[C@H](CCN)NC(=O)[C@H](CC(C)C)NC(=O)[C@@H](CC(C)C)NC(=O)[C@H](CCN)NC1=O)[C@@H](C)O. The van der Waals surface area contributed by atoms with Crippen LogP contribution in [0.3, 0.4) is 0 Å². The molecule has 36 nitrogen and oxygen atoms in total. The molecule has 24 N–H and O–H groups in total. The minimum Gasteiger partial charge on any atom is -0.487 e. The van der Waals surface area contributed by atoms with E-state index in [4.69, 9.17) is 33.4 Å². The highest BCUT2D eigenvalue weighted by Crippen LogP contribution is 2.42. The number of rotatable bonds is 31. The smallest absolute Gasteiger partial charge is 0.341 e. The summed E-state index contributed by atoms with van der Waals surface area (Å²) >= 11 is 0. The van der Waals surface area contributed by atoms with Gasteiger partial charge in [0.05, 0.1) is 29.2 Å². The predicted octanol–water partition coefficient (Wildman–Crippen LogP) is -3.90. The number of nitrogens with one attached hydrogen (secondary N) is 11. The molecule has 3 aliphatic heterocycles. The summed E-state index contributed by atoms with van der Waals surface area (Å²) in [5.41, 5.74) is 29.0. The van der Waals surface area contributed by atoms with Crippen LogP contribution >= 0.6 is 0 Å². The van der Waals surface area contributed by atoms with E-state index in [1.54, 1.807) is 32.3 Å². The number of hydrogen-bond donors (Lipinski definition) is 19. The van der Waals surface area contributed by atoms with Crippen LogP contribution in [0.15, 0.2) is 17.1 Å². The number of aliphatic hydroxyl groups is 2. The van der Waals surface area contributed by atoms with Crippen molar-refractivity contribution in [3.8, 4) is 5.75 Å². The van der Waals surface area contributed by atoms with Gasteiger partial charge in [-0.1, -0.05) is 60.8 Å². The van der Waals surface area contributed by atoms with E-state index in [1.165, 1.54) is 20.0 Å². The van der Waals surface area contributed by atoms with Crippen molar-refractivity contribution in [1.29, 1.82) is 0 Å². The Bertz CT molecular complexity index is 3450. The number of carboxylic acid groups (broad SMARTS) is 1. The second kappa shape index (κ2) is 45.3. The molecular weight excluding hydrogens is 1410 g/mol. The molecule has 37 heteroatoms. The Kier molecular flexibility index (Phi) is 38.5. The van der Waals surface area contributed by atoms with E-state index in [0.29, 0.717) is 42.4 Å². The van der Waals surface area contributed by atoms with E-state index in [1.807, 2.05) is 18.9 Å². The van der Waals surface area contributed by atoms with Gasteiger partial charge in [-0.15, -0.1) is 0 Å². The van der Waals surface area contributed by atoms with Crippen molar-refractivity contribution >= 4 is 87.5 Å². The van der Waals surface area contributed by atoms with Crippen LogP contribution in [0, 0.1) is 23.6 Å². The fraction of sp³-hybridized carbons (Fsp3) is 0.704. The quantitative estimate of drug-likeness (QED) is 0.0321. The summed E-state index contributed by atoms with van der Waals surface area (Å²) in [6.45, 7) is 17.7. The first kappa shape index (κ1) is 91.7. The van der Waals surface area contributed by atoms with Crippen LogP contribution in [0.2, 0.25) is 0 Å². The molecule has 3 aliphatic rings. The van der Waals surface area contributed by atoms with Gasteiger partial charge in [-0.2, -0.15) is 0 Å². The summed E-state index contributed by atoms with van der Waals surface area (Å²) in [4.78, 5) is 181. The van der Waals surface area contributed by atoms with Crippen molar-refractivity contribution in [2.24, 2.45) is 46.4 Å². The lowest BCUT2D eigenvalue weighted by molar-refractivity contribution is -0.137. The zero-order valence-electron chi connectivity index (χ0n) is 64.0. The largest absolute Gasteiger partial charge is 0.487 e. The van der Waals surface area contributed by atoms with E-state index in [0.717, 1.165) is 38.4 Å². The average molecular weight is 1530 g/mol. The summed E-state index contributed by atoms with van der Waals surface area (Å²) in [5.74, 6) is -11.0. The maximum absolute atomic E-state index is 15.0. The third kappa shape index (κ3) is 27.7. The number of benzene rings is 1. The molecule has 5 rings (SSSR count). The monoisotopic (exact) mass is 1530 g/mol. The fourth-order valence-electron chi connectivity index (χ4n) is 12.5. The first-order valence-electron chi connectivity index (χ1n) is 37.4. The number of carbonyl (C=O) groups is 12. The highest BCUT2D eigenvalue weighted by Gasteiger charge is 2.39. The Morgan fingerprint density at radius 2 is 1.13 bits per heavy atom. The zero-order chi connectivity index (χ0) is 80.8. The predicted molar refractivity (Wildman–Crippen MR) is 401 cm³/mol. The van der Waals surface area contributed by atoms with Crippen LogP contribution < -0.4 is 102 Å². The number of nitrogens with zero attached hydrogens (tertiary/aromatic N) is 3. The van der Waals surface area contributed by atoms with Gasteiger partial charge in [-0.05, 0) is 142 Å². The molecule has 2 unspecified atom stereocenters. The number of likely N-dealkylation sites (N-methyl/N-ethyl adjacent to an activating group) is 1. The number of halogens is 1. The second-order valence-corrected chi connectivity index (χ2v) is 29.0. The van der Waals surface area contributed by atoms with Gasteiger partial charge in [-0.3, -0.25) is 57.5 Å². The molecular formula is C71H120FN19O17.